The Bertz CT molecular complexity index is 1470. The number of carbonyl (C=O) groups excluding carboxylic acids is 3. The van der Waals surface area contributed by atoms with Gasteiger partial charge in [-0.25, -0.2) is 0 Å². The SMILES string of the molecule is COc1ccc(C(=O)Nc2ccccc2C(=O)N[C@H](Cc2ccc(O)cc2)C(=O)Nc2ccccc2Br)cc1. The first-order valence-electron chi connectivity index (χ1n) is 12.0. The zero-order chi connectivity index (χ0) is 27.8. The molecule has 0 bridgehead atoms. The second-order valence-electron chi connectivity index (χ2n) is 8.59. The molecule has 0 heterocycles. The Morgan fingerprint density at radius 3 is 2.10 bits per heavy atom. The van der Waals surface area contributed by atoms with Crippen LogP contribution in [0.25, 0.3) is 0 Å². The lowest BCUT2D eigenvalue weighted by Crippen LogP contribution is -2.45. The van der Waals surface area contributed by atoms with Crippen molar-refractivity contribution in [3.8, 4) is 11.5 Å². The fraction of sp³-hybridized carbons (Fsp3) is 0.100. The zero-order valence-corrected chi connectivity index (χ0v) is 22.6. The summed E-state index contributed by atoms with van der Waals surface area (Å²) in [7, 11) is 1.54. The summed E-state index contributed by atoms with van der Waals surface area (Å²) in [6.07, 6.45) is 0.169. The topological polar surface area (TPSA) is 117 Å². The minimum Gasteiger partial charge on any atom is -0.508 e. The average Bonchev–Trinajstić information content (AvgIpc) is 2.95. The number of benzene rings is 4. The van der Waals surface area contributed by atoms with Crippen LogP contribution in [0.5, 0.6) is 11.5 Å². The molecule has 4 aromatic carbocycles. The highest BCUT2D eigenvalue weighted by atomic mass is 79.9. The third-order valence-corrected chi connectivity index (χ3v) is 6.59. The van der Waals surface area contributed by atoms with Gasteiger partial charge in [0.05, 0.1) is 24.0 Å². The van der Waals surface area contributed by atoms with Crippen molar-refractivity contribution in [2.75, 3.05) is 17.7 Å². The van der Waals surface area contributed by atoms with Crippen LogP contribution in [0.3, 0.4) is 0 Å². The maximum atomic E-state index is 13.4. The molecule has 0 aliphatic carbocycles. The first-order valence-corrected chi connectivity index (χ1v) is 12.8. The van der Waals surface area contributed by atoms with Gasteiger partial charge < -0.3 is 25.8 Å². The molecule has 1 atom stereocenters. The number of amides is 3. The normalized spacial score (nSPS) is 11.2. The number of hydrogen-bond acceptors (Lipinski definition) is 5. The van der Waals surface area contributed by atoms with Crippen LogP contribution < -0.4 is 20.7 Å². The van der Waals surface area contributed by atoms with Crippen molar-refractivity contribution < 1.29 is 24.2 Å². The second kappa shape index (κ2) is 12.7. The molecule has 0 unspecified atom stereocenters. The molecule has 4 N–H and O–H groups in total. The third kappa shape index (κ3) is 7.24. The standard InChI is InChI=1S/C30H26BrN3O5/c1-39-22-16-12-20(13-17-22)28(36)32-25-8-4-2-6-23(25)29(37)34-27(18-19-10-14-21(35)15-11-19)30(38)33-26-9-5-3-7-24(26)31/h2-17,27,35H,18H2,1H3,(H,32,36)(H,33,38)(H,34,37)/t27-/m1/s1. The van der Waals surface area contributed by atoms with Crippen molar-refractivity contribution in [2.45, 2.75) is 12.5 Å². The van der Waals surface area contributed by atoms with E-state index in [1.165, 1.54) is 19.2 Å². The molecule has 4 aromatic rings. The van der Waals surface area contributed by atoms with Crippen molar-refractivity contribution in [1.82, 2.24) is 5.32 Å². The van der Waals surface area contributed by atoms with Gasteiger partial charge in [0, 0.05) is 16.5 Å². The second-order valence-corrected chi connectivity index (χ2v) is 9.45. The van der Waals surface area contributed by atoms with E-state index in [9.17, 15) is 19.5 Å². The van der Waals surface area contributed by atoms with Crippen molar-refractivity contribution >= 4 is 45.0 Å². The van der Waals surface area contributed by atoms with E-state index >= 15 is 0 Å². The number of hydrogen-bond donors (Lipinski definition) is 4. The van der Waals surface area contributed by atoms with Crippen LogP contribution in [-0.2, 0) is 11.2 Å². The minimum absolute atomic E-state index is 0.0959. The Morgan fingerprint density at radius 2 is 1.44 bits per heavy atom. The van der Waals surface area contributed by atoms with Gasteiger partial charge >= 0.3 is 0 Å². The Kier molecular flexibility index (Phi) is 8.96. The van der Waals surface area contributed by atoms with Gasteiger partial charge in [-0.15, -0.1) is 0 Å². The molecule has 39 heavy (non-hydrogen) atoms. The predicted molar refractivity (Wildman–Crippen MR) is 153 cm³/mol. The van der Waals surface area contributed by atoms with E-state index in [4.69, 9.17) is 4.74 Å². The van der Waals surface area contributed by atoms with Crippen LogP contribution in [0.4, 0.5) is 11.4 Å². The fourth-order valence-electron chi connectivity index (χ4n) is 3.82. The number of para-hydroxylation sites is 2. The summed E-state index contributed by atoms with van der Waals surface area (Å²) in [5, 5.41) is 18.1. The van der Waals surface area contributed by atoms with Crippen LogP contribution in [0.1, 0.15) is 26.3 Å². The van der Waals surface area contributed by atoms with Crippen molar-refractivity contribution in [1.29, 1.82) is 0 Å². The summed E-state index contributed by atoms with van der Waals surface area (Å²) < 4.78 is 5.83. The number of methoxy groups -OCH3 is 1. The smallest absolute Gasteiger partial charge is 0.255 e. The molecule has 0 saturated carbocycles. The van der Waals surface area contributed by atoms with Gasteiger partial charge in [0.2, 0.25) is 5.91 Å². The number of nitrogens with one attached hydrogen (secondary N) is 3. The molecule has 0 radical (unpaired) electrons. The number of phenols is 1. The maximum Gasteiger partial charge on any atom is 0.255 e. The zero-order valence-electron chi connectivity index (χ0n) is 21.0. The van der Waals surface area contributed by atoms with E-state index in [-0.39, 0.29) is 17.7 Å². The van der Waals surface area contributed by atoms with E-state index in [0.29, 0.717) is 27.2 Å². The lowest BCUT2D eigenvalue weighted by molar-refractivity contribution is -0.118. The molecular weight excluding hydrogens is 562 g/mol. The number of carbonyl (C=O) groups is 3. The third-order valence-electron chi connectivity index (χ3n) is 5.90. The number of ether oxygens (including phenoxy) is 1. The van der Waals surface area contributed by atoms with Gasteiger partial charge in [-0.05, 0) is 82.2 Å². The van der Waals surface area contributed by atoms with Crippen molar-refractivity contribution in [2.24, 2.45) is 0 Å². The Morgan fingerprint density at radius 1 is 0.795 bits per heavy atom. The molecule has 4 rings (SSSR count). The highest BCUT2D eigenvalue weighted by molar-refractivity contribution is 9.10. The molecule has 0 fully saturated rings. The number of rotatable bonds is 9. The fourth-order valence-corrected chi connectivity index (χ4v) is 4.21. The Hall–Kier alpha value is -4.63. The summed E-state index contributed by atoms with van der Waals surface area (Å²) in [6.45, 7) is 0. The molecule has 0 saturated heterocycles. The van der Waals surface area contributed by atoms with Crippen molar-refractivity contribution in [3.05, 3.63) is 118 Å². The molecule has 9 heteroatoms. The first kappa shape index (κ1) is 27.4. The van der Waals surface area contributed by atoms with Gasteiger partial charge in [-0.2, -0.15) is 0 Å². The van der Waals surface area contributed by atoms with E-state index in [2.05, 4.69) is 31.9 Å². The van der Waals surface area contributed by atoms with Gasteiger partial charge in [0.1, 0.15) is 17.5 Å². The van der Waals surface area contributed by atoms with Crippen LogP contribution in [0.15, 0.2) is 102 Å². The van der Waals surface area contributed by atoms with Crippen LogP contribution in [0.2, 0.25) is 0 Å². The van der Waals surface area contributed by atoms with Crippen LogP contribution in [0, 0.1) is 0 Å². The van der Waals surface area contributed by atoms with E-state index < -0.39 is 23.8 Å². The number of phenolic OH excluding ortho intramolecular Hbond substituents is 1. The number of anilines is 2. The summed E-state index contributed by atoms with van der Waals surface area (Å²) in [4.78, 5) is 39.6. The van der Waals surface area contributed by atoms with Gasteiger partial charge in [0.25, 0.3) is 11.8 Å². The minimum atomic E-state index is -0.959. The lowest BCUT2D eigenvalue weighted by Gasteiger charge is -2.20. The molecule has 0 aliphatic heterocycles. The Balaban J connectivity index is 1.55. The molecule has 0 aromatic heterocycles. The van der Waals surface area contributed by atoms with E-state index in [0.717, 1.165) is 5.56 Å². The Labute approximate surface area is 234 Å². The average molecular weight is 588 g/mol. The highest BCUT2D eigenvalue weighted by Crippen LogP contribution is 2.23. The lowest BCUT2D eigenvalue weighted by atomic mass is 10.0. The number of aromatic hydroxyl groups is 1. The predicted octanol–water partition coefficient (Wildman–Crippen LogP) is 5.40. The maximum absolute atomic E-state index is 13.4. The highest BCUT2D eigenvalue weighted by Gasteiger charge is 2.24. The summed E-state index contributed by atoms with van der Waals surface area (Å²) in [5.41, 5.74) is 2.18. The summed E-state index contributed by atoms with van der Waals surface area (Å²) >= 11 is 3.42. The van der Waals surface area contributed by atoms with E-state index in [1.54, 1.807) is 78.9 Å². The molecule has 0 spiro atoms. The monoisotopic (exact) mass is 587 g/mol. The van der Waals surface area contributed by atoms with Gasteiger partial charge in [-0.1, -0.05) is 36.4 Å². The summed E-state index contributed by atoms with van der Waals surface area (Å²) in [5.74, 6) is -0.648. The van der Waals surface area contributed by atoms with Gasteiger partial charge in [0.15, 0.2) is 0 Å². The van der Waals surface area contributed by atoms with Crippen LogP contribution in [-0.4, -0.2) is 36.0 Å². The van der Waals surface area contributed by atoms with Crippen LogP contribution >= 0.6 is 15.9 Å². The molecule has 0 aliphatic rings. The molecule has 3 amide bonds. The van der Waals surface area contributed by atoms with Crippen molar-refractivity contribution in [3.63, 3.8) is 0 Å². The molecule has 8 nitrogen and oxygen atoms in total. The largest absolute Gasteiger partial charge is 0.508 e. The van der Waals surface area contributed by atoms with E-state index in [1.807, 2.05) is 6.07 Å². The summed E-state index contributed by atoms with van der Waals surface area (Å²) in [6, 6.07) is 25.7. The number of halogens is 1. The first-order chi connectivity index (χ1) is 18.8. The van der Waals surface area contributed by atoms with Gasteiger partial charge in [-0.3, -0.25) is 14.4 Å². The molecule has 198 valence electrons. The quantitative estimate of drug-likeness (QED) is 0.209. The molecular formula is C30H26BrN3O5.